The molecule has 1 amide bonds. The first-order chi connectivity index (χ1) is 12.1. The van der Waals surface area contributed by atoms with Crippen LogP contribution in [0.3, 0.4) is 0 Å². The minimum absolute atomic E-state index is 0.187. The second-order valence-electron chi connectivity index (χ2n) is 6.85. The molecule has 140 valence electrons. The molecular formula is C18H31N5O2. The standard InChI is InChI=1S/C18H31N5O2/c1-13(2)16-11-15(25-23-16)12-22-18(19-3)21-10-9-20-17(24)14-7-5-4-6-8-14/h11,13-14H,4-10,12H2,1-3H3,(H,20,24)(H2,19,21,22). The van der Waals surface area contributed by atoms with Gasteiger partial charge in [0.1, 0.15) is 0 Å². The maximum absolute atomic E-state index is 12.1. The van der Waals surface area contributed by atoms with Gasteiger partial charge >= 0.3 is 0 Å². The van der Waals surface area contributed by atoms with E-state index in [9.17, 15) is 4.79 Å². The summed E-state index contributed by atoms with van der Waals surface area (Å²) in [6.45, 7) is 5.91. The summed E-state index contributed by atoms with van der Waals surface area (Å²) in [5.41, 5.74) is 0.949. The van der Waals surface area contributed by atoms with Crippen LogP contribution in [-0.4, -0.2) is 37.2 Å². The molecule has 0 spiro atoms. The average molecular weight is 349 g/mol. The van der Waals surface area contributed by atoms with Crippen LogP contribution in [0.2, 0.25) is 0 Å². The summed E-state index contributed by atoms with van der Waals surface area (Å²) < 4.78 is 5.29. The van der Waals surface area contributed by atoms with Crippen molar-refractivity contribution in [2.24, 2.45) is 10.9 Å². The fourth-order valence-corrected chi connectivity index (χ4v) is 2.95. The molecule has 3 N–H and O–H groups in total. The number of hydrogen-bond acceptors (Lipinski definition) is 4. The van der Waals surface area contributed by atoms with Gasteiger partial charge in [0.25, 0.3) is 0 Å². The summed E-state index contributed by atoms with van der Waals surface area (Å²) in [7, 11) is 1.72. The molecule has 7 heteroatoms. The Morgan fingerprint density at radius 3 is 2.60 bits per heavy atom. The number of amides is 1. The van der Waals surface area contributed by atoms with E-state index in [2.05, 4.69) is 39.9 Å². The van der Waals surface area contributed by atoms with E-state index in [0.29, 0.717) is 31.5 Å². The third-order valence-electron chi connectivity index (χ3n) is 4.52. The molecule has 0 saturated heterocycles. The molecule has 1 aliphatic carbocycles. The minimum Gasteiger partial charge on any atom is -0.359 e. The molecule has 25 heavy (non-hydrogen) atoms. The van der Waals surface area contributed by atoms with Crippen molar-refractivity contribution in [1.82, 2.24) is 21.1 Å². The monoisotopic (exact) mass is 349 g/mol. The van der Waals surface area contributed by atoms with Gasteiger partial charge in [0, 0.05) is 32.1 Å². The smallest absolute Gasteiger partial charge is 0.223 e. The van der Waals surface area contributed by atoms with Crippen LogP contribution in [0.25, 0.3) is 0 Å². The Labute approximate surface area is 150 Å². The van der Waals surface area contributed by atoms with Crippen molar-refractivity contribution in [2.45, 2.75) is 58.4 Å². The molecule has 0 aromatic carbocycles. The van der Waals surface area contributed by atoms with E-state index in [1.54, 1.807) is 7.05 Å². The van der Waals surface area contributed by atoms with E-state index in [1.165, 1.54) is 19.3 Å². The second-order valence-corrected chi connectivity index (χ2v) is 6.85. The number of carbonyl (C=O) groups excluding carboxylic acids is 1. The first kappa shape index (κ1) is 19.3. The molecule has 1 aromatic rings. The highest BCUT2D eigenvalue weighted by molar-refractivity contribution is 5.80. The van der Waals surface area contributed by atoms with E-state index < -0.39 is 0 Å². The predicted molar refractivity (Wildman–Crippen MR) is 98.4 cm³/mol. The maximum Gasteiger partial charge on any atom is 0.223 e. The molecule has 0 unspecified atom stereocenters. The lowest BCUT2D eigenvalue weighted by atomic mass is 9.89. The van der Waals surface area contributed by atoms with Gasteiger partial charge in [-0.15, -0.1) is 0 Å². The Balaban J connectivity index is 1.63. The van der Waals surface area contributed by atoms with Crippen molar-refractivity contribution in [3.63, 3.8) is 0 Å². The van der Waals surface area contributed by atoms with Gasteiger partial charge in [-0.1, -0.05) is 38.3 Å². The Bertz CT molecular complexity index is 562. The van der Waals surface area contributed by atoms with E-state index in [-0.39, 0.29) is 11.8 Å². The third kappa shape index (κ3) is 6.40. The summed E-state index contributed by atoms with van der Waals surface area (Å²) in [5, 5.41) is 13.4. The Morgan fingerprint density at radius 1 is 1.24 bits per heavy atom. The van der Waals surface area contributed by atoms with Gasteiger partial charge in [-0.05, 0) is 18.8 Å². The average Bonchev–Trinajstić information content (AvgIpc) is 3.11. The highest BCUT2D eigenvalue weighted by Gasteiger charge is 2.20. The van der Waals surface area contributed by atoms with Crippen LogP contribution in [0.15, 0.2) is 15.6 Å². The van der Waals surface area contributed by atoms with E-state index in [4.69, 9.17) is 4.52 Å². The molecule has 0 bridgehead atoms. The predicted octanol–water partition coefficient (Wildman–Crippen LogP) is 2.16. The minimum atomic E-state index is 0.187. The summed E-state index contributed by atoms with van der Waals surface area (Å²) in [4.78, 5) is 16.2. The lowest BCUT2D eigenvalue weighted by Gasteiger charge is -2.20. The summed E-state index contributed by atoms with van der Waals surface area (Å²) in [5.74, 6) is 2.19. The topological polar surface area (TPSA) is 91.5 Å². The molecule has 1 fully saturated rings. The second kappa shape index (κ2) is 10.1. The lowest BCUT2D eigenvalue weighted by molar-refractivity contribution is -0.125. The number of aromatic nitrogens is 1. The molecule has 0 radical (unpaired) electrons. The van der Waals surface area contributed by atoms with E-state index in [0.717, 1.165) is 24.3 Å². The highest BCUT2D eigenvalue weighted by atomic mass is 16.5. The number of guanidine groups is 1. The van der Waals surface area contributed by atoms with E-state index >= 15 is 0 Å². The van der Waals surface area contributed by atoms with Crippen molar-refractivity contribution in [3.8, 4) is 0 Å². The molecule has 0 atom stereocenters. The van der Waals surface area contributed by atoms with Crippen molar-refractivity contribution in [3.05, 3.63) is 17.5 Å². The molecule has 7 nitrogen and oxygen atoms in total. The molecule has 1 saturated carbocycles. The maximum atomic E-state index is 12.1. The lowest BCUT2D eigenvalue weighted by Crippen LogP contribution is -2.42. The fourth-order valence-electron chi connectivity index (χ4n) is 2.95. The van der Waals surface area contributed by atoms with Crippen LogP contribution in [0.1, 0.15) is 63.3 Å². The summed E-state index contributed by atoms with van der Waals surface area (Å²) >= 11 is 0. The number of aliphatic imine (C=N–C) groups is 1. The van der Waals surface area contributed by atoms with Crippen molar-refractivity contribution >= 4 is 11.9 Å². The van der Waals surface area contributed by atoms with Crippen LogP contribution in [0.4, 0.5) is 0 Å². The van der Waals surface area contributed by atoms with Gasteiger partial charge in [0.15, 0.2) is 11.7 Å². The largest absolute Gasteiger partial charge is 0.359 e. The van der Waals surface area contributed by atoms with Gasteiger partial charge in [-0.3, -0.25) is 9.79 Å². The van der Waals surface area contributed by atoms with Gasteiger partial charge < -0.3 is 20.5 Å². The molecule has 2 rings (SSSR count). The highest BCUT2D eigenvalue weighted by Crippen LogP contribution is 2.23. The van der Waals surface area contributed by atoms with Gasteiger partial charge in [-0.2, -0.15) is 0 Å². The van der Waals surface area contributed by atoms with Crippen LogP contribution in [-0.2, 0) is 11.3 Å². The zero-order chi connectivity index (χ0) is 18.1. The normalized spacial score (nSPS) is 16.1. The first-order valence-electron chi connectivity index (χ1n) is 9.28. The fraction of sp³-hybridized carbons (Fsp3) is 0.722. The Hall–Kier alpha value is -2.05. The van der Waals surface area contributed by atoms with Crippen molar-refractivity contribution < 1.29 is 9.32 Å². The van der Waals surface area contributed by atoms with Crippen LogP contribution >= 0.6 is 0 Å². The van der Waals surface area contributed by atoms with Gasteiger partial charge in [0.2, 0.25) is 5.91 Å². The Morgan fingerprint density at radius 2 is 1.96 bits per heavy atom. The van der Waals surface area contributed by atoms with Crippen molar-refractivity contribution in [1.29, 1.82) is 0 Å². The van der Waals surface area contributed by atoms with Crippen LogP contribution in [0.5, 0.6) is 0 Å². The zero-order valence-electron chi connectivity index (χ0n) is 15.6. The quantitative estimate of drug-likeness (QED) is 0.399. The number of nitrogens with zero attached hydrogens (tertiary/aromatic N) is 2. The molecule has 0 aliphatic heterocycles. The first-order valence-corrected chi connectivity index (χ1v) is 9.28. The zero-order valence-corrected chi connectivity index (χ0v) is 15.6. The number of rotatable bonds is 7. The van der Waals surface area contributed by atoms with Gasteiger partial charge in [0.05, 0.1) is 12.2 Å². The molecule has 1 heterocycles. The number of nitrogens with one attached hydrogen (secondary N) is 3. The number of hydrogen-bond donors (Lipinski definition) is 3. The van der Waals surface area contributed by atoms with E-state index in [1.807, 2.05) is 6.07 Å². The SMILES string of the molecule is CN=C(NCCNC(=O)C1CCCCC1)NCc1cc(C(C)C)no1. The molecular weight excluding hydrogens is 318 g/mol. The van der Waals surface area contributed by atoms with Crippen LogP contribution < -0.4 is 16.0 Å². The Kier molecular flexibility index (Phi) is 7.76. The molecule has 1 aliphatic rings. The number of carbonyl (C=O) groups is 1. The van der Waals surface area contributed by atoms with Crippen LogP contribution in [0, 0.1) is 5.92 Å². The van der Waals surface area contributed by atoms with Gasteiger partial charge in [-0.25, -0.2) is 0 Å². The third-order valence-corrected chi connectivity index (χ3v) is 4.52. The molecule has 1 aromatic heterocycles. The summed E-state index contributed by atoms with van der Waals surface area (Å²) in [6, 6.07) is 1.95. The van der Waals surface area contributed by atoms with Crippen molar-refractivity contribution in [2.75, 3.05) is 20.1 Å². The summed E-state index contributed by atoms with van der Waals surface area (Å²) in [6.07, 6.45) is 5.66.